The monoisotopic (exact) mass is 343 g/mol. The van der Waals surface area contributed by atoms with E-state index in [-0.39, 0.29) is 18.2 Å². The molecule has 1 saturated heterocycles. The Balaban J connectivity index is 1.61. The maximum Gasteiger partial charge on any atom is 0.414 e. The predicted octanol–water partition coefficient (Wildman–Crippen LogP) is 3.19. The van der Waals surface area contributed by atoms with Gasteiger partial charge in [0.1, 0.15) is 12.4 Å². The molecule has 6 nitrogen and oxygen atoms in total. The number of rotatable bonds is 7. The van der Waals surface area contributed by atoms with Crippen LogP contribution in [0.5, 0.6) is 0 Å². The van der Waals surface area contributed by atoms with Crippen molar-refractivity contribution in [1.29, 1.82) is 0 Å². The van der Waals surface area contributed by atoms with Crippen molar-refractivity contribution < 1.29 is 13.9 Å². The first-order valence-corrected chi connectivity index (χ1v) is 8.53. The zero-order chi connectivity index (χ0) is 17.8. The number of anilines is 1. The number of likely N-dealkylation sites (N-methyl/N-ethyl adjacent to an activating group) is 1. The number of carbonyl (C=O) groups is 1. The lowest BCUT2D eigenvalue weighted by molar-refractivity contribution is 0.181. The van der Waals surface area contributed by atoms with Gasteiger partial charge in [-0.15, -0.1) is 0 Å². The molecule has 0 radical (unpaired) electrons. The summed E-state index contributed by atoms with van der Waals surface area (Å²) in [4.78, 5) is 15.4. The third kappa shape index (κ3) is 4.03. The van der Waals surface area contributed by atoms with E-state index >= 15 is 0 Å². The summed E-state index contributed by atoms with van der Waals surface area (Å²) >= 11 is 0. The Bertz CT molecular complexity index is 682. The quantitative estimate of drug-likeness (QED) is 0.837. The Kier molecular flexibility index (Phi) is 5.40. The molecule has 1 aromatic heterocycles. The molecule has 6 heteroatoms. The van der Waals surface area contributed by atoms with Crippen LogP contribution in [0, 0.1) is 0 Å². The Morgan fingerprint density at radius 3 is 2.56 bits per heavy atom. The van der Waals surface area contributed by atoms with Crippen LogP contribution in [0.15, 0.2) is 47.1 Å². The van der Waals surface area contributed by atoms with Crippen molar-refractivity contribution in [2.45, 2.75) is 19.0 Å². The van der Waals surface area contributed by atoms with Gasteiger partial charge in [0.05, 0.1) is 18.8 Å². The maximum absolute atomic E-state index is 11.6. The number of nitrogens with zero attached hydrogens (tertiary/aromatic N) is 2. The normalized spacial score (nSPS) is 17.0. The first kappa shape index (κ1) is 17.5. The molecule has 1 aromatic carbocycles. The molecule has 0 spiro atoms. The number of hydrogen-bond acceptors (Lipinski definition) is 5. The molecule has 0 unspecified atom stereocenters. The predicted molar refractivity (Wildman–Crippen MR) is 96.7 cm³/mol. The van der Waals surface area contributed by atoms with Crippen LogP contribution in [0.2, 0.25) is 0 Å². The minimum atomic E-state index is -0.272. The number of furan rings is 1. The highest BCUT2D eigenvalue weighted by Gasteiger charge is 2.23. The van der Waals surface area contributed by atoms with Crippen LogP contribution >= 0.6 is 0 Å². The number of cyclic esters (lactones) is 1. The van der Waals surface area contributed by atoms with Gasteiger partial charge in [-0.2, -0.15) is 0 Å². The van der Waals surface area contributed by atoms with Crippen LogP contribution in [0.1, 0.15) is 30.3 Å². The van der Waals surface area contributed by atoms with Crippen molar-refractivity contribution in [3.8, 4) is 0 Å². The number of benzene rings is 1. The number of hydrogen-bond donors (Lipinski definition) is 1. The molecule has 25 heavy (non-hydrogen) atoms. The van der Waals surface area contributed by atoms with Gasteiger partial charge in [-0.3, -0.25) is 9.80 Å². The largest absolute Gasteiger partial charge is 0.468 e. The van der Waals surface area contributed by atoms with E-state index in [1.807, 2.05) is 38.4 Å². The average Bonchev–Trinajstić information content (AvgIpc) is 3.26. The molecular weight excluding hydrogens is 318 g/mol. The van der Waals surface area contributed by atoms with Crippen LogP contribution in [-0.2, 0) is 4.74 Å². The summed E-state index contributed by atoms with van der Waals surface area (Å²) in [6.07, 6.45) is 1.43. The topological polar surface area (TPSA) is 58.0 Å². The van der Waals surface area contributed by atoms with Gasteiger partial charge < -0.3 is 14.5 Å². The molecular formula is C19H25N3O3. The molecule has 2 heterocycles. The second-order valence-electron chi connectivity index (χ2n) is 6.48. The highest BCUT2D eigenvalue weighted by molar-refractivity contribution is 5.89. The van der Waals surface area contributed by atoms with Crippen molar-refractivity contribution in [2.24, 2.45) is 0 Å². The van der Waals surface area contributed by atoms with Gasteiger partial charge in [-0.05, 0) is 50.8 Å². The smallest absolute Gasteiger partial charge is 0.414 e. The summed E-state index contributed by atoms with van der Waals surface area (Å²) < 4.78 is 10.5. The van der Waals surface area contributed by atoms with Gasteiger partial charge in [-0.25, -0.2) is 4.79 Å². The van der Waals surface area contributed by atoms with Crippen molar-refractivity contribution in [3.63, 3.8) is 0 Å². The molecule has 1 aliphatic rings. The Morgan fingerprint density at radius 1 is 1.24 bits per heavy atom. The van der Waals surface area contributed by atoms with E-state index in [1.54, 1.807) is 11.2 Å². The zero-order valence-electron chi connectivity index (χ0n) is 14.9. The van der Waals surface area contributed by atoms with Gasteiger partial charge >= 0.3 is 6.09 Å². The number of nitrogens with one attached hydrogen (secondary N) is 1. The van der Waals surface area contributed by atoms with Crippen molar-refractivity contribution >= 4 is 11.8 Å². The molecule has 1 amide bonds. The molecule has 3 rings (SSSR count). The fraction of sp³-hybridized carbons (Fsp3) is 0.421. The van der Waals surface area contributed by atoms with Crippen LogP contribution in [0.25, 0.3) is 0 Å². The van der Waals surface area contributed by atoms with E-state index in [4.69, 9.17) is 9.15 Å². The number of ether oxygens (including phenoxy) is 1. The maximum atomic E-state index is 11.6. The average molecular weight is 343 g/mol. The highest BCUT2D eigenvalue weighted by atomic mass is 16.6. The minimum absolute atomic E-state index is 0.177. The van der Waals surface area contributed by atoms with Gasteiger partial charge in [0.15, 0.2) is 0 Å². The molecule has 0 saturated carbocycles. The first-order chi connectivity index (χ1) is 12.1. The molecule has 2 aromatic rings. The van der Waals surface area contributed by atoms with Crippen LogP contribution < -0.4 is 10.2 Å². The minimum Gasteiger partial charge on any atom is -0.468 e. The molecule has 1 aliphatic heterocycles. The van der Waals surface area contributed by atoms with E-state index in [2.05, 4.69) is 29.3 Å². The van der Waals surface area contributed by atoms with Gasteiger partial charge in [0.2, 0.25) is 0 Å². The van der Waals surface area contributed by atoms with Crippen LogP contribution in [0.4, 0.5) is 10.5 Å². The summed E-state index contributed by atoms with van der Waals surface area (Å²) in [5.74, 6) is 0.951. The first-order valence-electron chi connectivity index (χ1n) is 8.53. The number of carbonyl (C=O) groups excluding carboxylic acids is 1. The highest BCUT2D eigenvalue weighted by Crippen LogP contribution is 2.23. The van der Waals surface area contributed by atoms with Gasteiger partial charge in [0.25, 0.3) is 0 Å². The standard InChI is InChI=1S/C19H25N3O3/c1-14(20-13-17(21(2)3)18-5-4-11-24-18)15-6-8-16(9-7-15)22-10-12-25-19(22)23/h4-9,11,14,17,20H,10,12-13H2,1-3H3/t14-,17-/m1/s1. The second kappa shape index (κ2) is 7.72. The fourth-order valence-corrected chi connectivity index (χ4v) is 3.00. The van der Waals surface area contributed by atoms with Crippen LogP contribution in [0.3, 0.4) is 0 Å². The fourth-order valence-electron chi connectivity index (χ4n) is 3.00. The van der Waals surface area contributed by atoms with Crippen LogP contribution in [-0.4, -0.2) is 44.8 Å². The third-order valence-electron chi connectivity index (χ3n) is 4.58. The van der Waals surface area contributed by atoms with E-state index in [0.717, 1.165) is 18.0 Å². The van der Waals surface area contributed by atoms with E-state index in [1.165, 1.54) is 5.56 Å². The summed E-state index contributed by atoms with van der Waals surface area (Å²) in [5, 5.41) is 3.56. The Labute approximate surface area is 148 Å². The van der Waals surface area contributed by atoms with Crippen molar-refractivity contribution in [1.82, 2.24) is 10.2 Å². The molecule has 134 valence electrons. The molecule has 0 aliphatic carbocycles. The zero-order valence-corrected chi connectivity index (χ0v) is 14.9. The lowest BCUT2D eigenvalue weighted by Gasteiger charge is -2.25. The summed E-state index contributed by atoms with van der Waals surface area (Å²) in [6, 6.07) is 12.3. The molecule has 1 fully saturated rings. The lowest BCUT2D eigenvalue weighted by Crippen LogP contribution is -2.32. The summed E-state index contributed by atoms with van der Waals surface area (Å²) in [6.45, 7) is 3.98. The Morgan fingerprint density at radius 2 is 2.00 bits per heavy atom. The molecule has 2 atom stereocenters. The third-order valence-corrected chi connectivity index (χ3v) is 4.58. The number of amides is 1. The molecule has 0 bridgehead atoms. The van der Waals surface area contributed by atoms with Crippen molar-refractivity contribution in [3.05, 3.63) is 54.0 Å². The van der Waals surface area contributed by atoms with E-state index < -0.39 is 0 Å². The van der Waals surface area contributed by atoms with Gasteiger partial charge in [-0.1, -0.05) is 12.1 Å². The van der Waals surface area contributed by atoms with Gasteiger partial charge in [0, 0.05) is 18.3 Å². The molecule has 1 N–H and O–H groups in total. The van der Waals surface area contributed by atoms with E-state index in [9.17, 15) is 4.79 Å². The van der Waals surface area contributed by atoms with Crippen molar-refractivity contribution in [2.75, 3.05) is 38.7 Å². The summed E-state index contributed by atoms with van der Waals surface area (Å²) in [7, 11) is 4.09. The SMILES string of the molecule is C[C@@H](NC[C@H](c1ccco1)N(C)C)c1ccc(N2CCOC2=O)cc1. The Hall–Kier alpha value is -2.31. The summed E-state index contributed by atoms with van der Waals surface area (Å²) in [5.41, 5.74) is 2.05. The second-order valence-corrected chi connectivity index (χ2v) is 6.48. The lowest BCUT2D eigenvalue weighted by atomic mass is 10.1. The van der Waals surface area contributed by atoms with E-state index in [0.29, 0.717) is 13.2 Å².